The second-order valence-electron chi connectivity index (χ2n) is 5.73. The SMILES string of the molecule is COc1ccc2cc(/C=C/C(=O)NNC(=O)c3ccccc3F)ccc2c1. The van der Waals surface area contributed by atoms with Crippen molar-refractivity contribution < 1.29 is 18.7 Å². The van der Waals surface area contributed by atoms with Crippen LogP contribution in [-0.2, 0) is 4.79 Å². The van der Waals surface area contributed by atoms with Crippen LogP contribution in [0.1, 0.15) is 15.9 Å². The maximum atomic E-state index is 13.5. The summed E-state index contributed by atoms with van der Waals surface area (Å²) in [5, 5.41) is 2.03. The van der Waals surface area contributed by atoms with Gasteiger partial charge in [-0.1, -0.05) is 30.3 Å². The first-order chi connectivity index (χ1) is 13.1. The molecule has 3 aromatic carbocycles. The Balaban J connectivity index is 1.62. The molecule has 0 spiro atoms. The van der Waals surface area contributed by atoms with Crippen LogP contribution in [0, 0.1) is 5.82 Å². The van der Waals surface area contributed by atoms with Gasteiger partial charge in [0.15, 0.2) is 0 Å². The molecule has 3 aromatic rings. The first kappa shape index (κ1) is 18.1. The summed E-state index contributed by atoms with van der Waals surface area (Å²) in [6.07, 6.45) is 2.90. The van der Waals surface area contributed by atoms with Gasteiger partial charge in [-0.15, -0.1) is 0 Å². The Morgan fingerprint density at radius 2 is 1.70 bits per heavy atom. The van der Waals surface area contributed by atoms with E-state index in [2.05, 4.69) is 10.9 Å². The number of benzene rings is 3. The number of nitrogens with one attached hydrogen (secondary N) is 2. The summed E-state index contributed by atoms with van der Waals surface area (Å²) in [6, 6.07) is 17.0. The van der Waals surface area contributed by atoms with Crippen LogP contribution in [0.4, 0.5) is 4.39 Å². The van der Waals surface area contributed by atoms with Crippen molar-refractivity contribution in [3.63, 3.8) is 0 Å². The molecule has 0 aliphatic heterocycles. The Labute approximate surface area is 155 Å². The molecular formula is C21H17FN2O3. The number of carbonyl (C=O) groups is 2. The van der Waals surface area contributed by atoms with E-state index in [-0.39, 0.29) is 5.56 Å². The number of ether oxygens (including phenoxy) is 1. The summed E-state index contributed by atoms with van der Waals surface area (Å²) in [6.45, 7) is 0. The van der Waals surface area contributed by atoms with Gasteiger partial charge < -0.3 is 4.74 Å². The fourth-order valence-electron chi connectivity index (χ4n) is 2.52. The normalized spacial score (nSPS) is 10.7. The predicted octanol–water partition coefficient (Wildman–Crippen LogP) is 3.46. The van der Waals surface area contributed by atoms with Crippen molar-refractivity contribution in [3.8, 4) is 5.75 Å². The van der Waals surface area contributed by atoms with Gasteiger partial charge in [0.2, 0.25) is 0 Å². The number of fused-ring (bicyclic) bond motifs is 1. The van der Waals surface area contributed by atoms with Gasteiger partial charge in [0.1, 0.15) is 11.6 Å². The molecule has 136 valence electrons. The minimum Gasteiger partial charge on any atom is -0.497 e. The molecule has 3 rings (SSSR count). The standard InChI is InChI=1S/C21H17FN2O3/c1-27-17-10-9-15-12-14(6-8-16(15)13-17)7-11-20(25)23-24-21(26)18-4-2-3-5-19(18)22/h2-13H,1H3,(H,23,25)(H,24,26)/b11-7+. The number of halogens is 1. The van der Waals surface area contributed by atoms with E-state index in [1.54, 1.807) is 13.2 Å². The van der Waals surface area contributed by atoms with E-state index in [0.29, 0.717) is 0 Å². The lowest BCUT2D eigenvalue weighted by Crippen LogP contribution is -2.41. The molecule has 0 saturated heterocycles. The van der Waals surface area contributed by atoms with Gasteiger partial charge in [0.25, 0.3) is 11.8 Å². The Morgan fingerprint density at radius 3 is 2.48 bits per heavy atom. The van der Waals surface area contributed by atoms with Crippen LogP contribution in [0.2, 0.25) is 0 Å². The zero-order chi connectivity index (χ0) is 19.2. The molecule has 0 bridgehead atoms. The number of methoxy groups -OCH3 is 1. The molecule has 27 heavy (non-hydrogen) atoms. The highest BCUT2D eigenvalue weighted by Crippen LogP contribution is 2.22. The average molecular weight is 364 g/mol. The fourth-order valence-corrected chi connectivity index (χ4v) is 2.52. The zero-order valence-electron chi connectivity index (χ0n) is 14.5. The second kappa shape index (κ2) is 8.14. The second-order valence-corrected chi connectivity index (χ2v) is 5.73. The van der Waals surface area contributed by atoms with Gasteiger partial charge in [0, 0.05) is 6.08 Å². The predicted molar refractivity (Wildman–Crippen MR) is 102 cm³/mol. The molecule has 0 heterocycles. The summed E-state index contributed by atoms with van der Waals surface area (Å²) in [7, 11) is 1.61. The fraction of sp³-hybridized carbons (Fsp3) is 0.0476. The molecule has 0 aromatic heterocycles. The lowest BCUT2D eigenvalue weighted by molar-refractivity contribution is -0.117. The molecule has 2 N–H and O–H groups in total. The summed E-state index contributed by atoms with van der Waals surface area (Å²) in [5.41, 5.74) is 5.07. The van der Waals surface area contributed by atoms with Crippen molar-refractivity contribution in [1.29, 1.82) is 0 Å². The molecule has 0 atom stereocenters. The van der Waals surface area contributed by atoms with Crippen molar-refractivity contribution >= 4 is 28.7 Å². The van der Waals surface area contributed by atoms with Gasteiger partial charge in [-0.3, -0.25) is 20.4 Å². The molecular weight excluding hydrogens is 347 g/mol. The van der Waals surface area contributed by atoms with Crippen LogP contribution in [0.25, 0.3) is 16.8 Å². The monoisotopic (exact) mass is 364 g/mol. The Morgan fingerprint density at radius 1 is 0.963 bits per heavy atom. The molecule has 0 unspecified atom stereocenters. The molecule has 0 fully saturated rings. The average Bonchev–Trinajstić information content (AvgIpc) is 2.70. The van der Waals surface area contributed by atoms with Gasteiger partial charge in [0.05, 0.1) is 12.7 Å². The van der Waals surface area contributed by atoms with Crippen LogP contribution >= 0.6 is 0 Å². The summed E-state index contributed by atoms with van der Waals surface area (Å²) < 4.78 is 18.7. The van der Waals surface area contributed by atoms with Crippen molar-refractivity contribution in [2.75, 3.05) is 7.11 Å². The van der Waals surface area contributed by atoms with Crippen LogP contribution in [0.5, 0.6) is 5.75 Å². The van der Waals surface area contributed by atoms with E-state index in [1.165, 1.54) is 30.3 Å². The van der Waals surface area contributed by atoms with Crippen molar-refractivity contribution in [2.45, 2.75) is 0 Å². The Hall–Kier alpha value is -3.67. The quantitative estimate of drug-likeness (QED) is 0.550. The van der Waals surface area contributed by atoms with E-state index in [4.69, 9.17) is 4.74 Å². The highest BCUT2D eigenvalue weighted by Gasteiger charge is 2.10. The maximum Gasteiger partial charge on any atom is 0.272 e. The lowest BCUT2D eigenvalue weighted by atomic mass is 10.1. The van der Waals surface area contributed by atoms with E-state index in [1.807, 2.05) is 36.4 Å². The molecule has 2 amide bonds. The number of rotatable bonds is 4. The third-order valence-corrected chi connectivity index (χ3v) is 3.92. The number of hydrogen-bond donors (Lipinski definition) is 2. The van der Waals surface area contributed by atoms with E-state index >= 15 is 0 Å². The number of amides is 2. The van der Waals surface area contributed by atoms with Gasteiger partial charge >= 0.3 is 0 Å². The van der Waals surface area contributed by atoms with Crippen molar-refractivity contribution in [3.05, 3.63) is 83.7 Å². The minimum atomic E-state index is -0.727. The highest BCUT2D eigenvalue weighted by atomic mass is 19.1. The maximum absolute atomic E-state index is 13.5. The van der Waals surface area contributed by atoms with Crippen molar-refractivity contribution in [1.82, 2.24) is 10.9 Å². The summed E-state index contributed by atoms with van der Waals surface area (Å²) in [5.74, 6) is -1.15. The Bertz CT molecular complexity index is 1030. The summed E-state index contributed by atoms with van der Waals surface area (Å²) >= 11 is 0. The van der Waals surface area contributed by atoms with Crippen LogP contribution in [0.3, 0.4) is 0 Å². The largest absolute Gasteiger partial charge is 0.497 e. The van der Waals surface area contributed by atoms with Gasteiger partial charge in [-0.25, -0.2) is 4.39 Å². The molecule has 6 heteroatoms. The number of hydrazine groups is 1. The lowest BCUT2D eigenvalue weighted by Gasteiger charge is -2.06. The van der Waals surface area contributed by atoms with E-state index < -0.39 is 17.6 Å². The number of carbonyl (C=O) groups excluding carboxylic acids is 2. The Kier molecular flexibility index (Phi) is 5.47. The molecule has 0 radical (unpaired) electrons. The highest BCUT2D eigenvalue weighted by molar-refractivity contribution is 5.98. The first-order valence-electron chi connectivity index (χ1n) is 8.17. The van der Waals surface area contributed by atoms with Crippen LogP contribution in [0.15, 0.2) is 66.7 Å². The minimum absolute atomic E-state index is 0.147. The topological polar surface area (TPSA) is 67.4 Å². The molecule has 0 aliphatic carbocycles. The van der Waals surface area contributed by atoms with Crippen LogP contribution in [-0.4, -0.2) is 18.9 Å². The molecule has 5 nitrogen and oxygen atoms in total. The van der Waals surface area contributed by atoms with Crippen LogP contribution < -0.4 is 15.6 Å². The summed E-state index contributed by atoms with van der Waals surface area (Å²) in [4.78, 5) is 23.7. The molecule has 0 saturated carbocycles. The third kappa shape index (κ3) is 4.49. The van der Waals surface area contributed by atoms with Gasteiger partial charge in [-0.05, 0) is 52.7 Å². The zero-order valence-corrected chi connectivity index (χ0v) is 14.5. The van der Waals surface area contributed by atoms with E-state index in [0.717, 1.165) is 22.1 Å². The van der Waals surface area contributed by atoms with Gasteiger partial charge in [-0.2, -0.15) is 0 Å². The number of hydrogen-bond acceptors (Lipinski definition) is 3. The first-order valence-corrected chi connectivity index (χ1v) is 8.17. The van der Waals surface area contributed by atoms with E-state index in [9.17, 15) is 14.0 Å². The third-order valence-electron chi connectivity index (χ3n) is 3.92. The van der Waals surface area contributed by atoms with Crippen molar-refractivity contribution in [2.24, 2.45) is 0 Å². The smallest absolute Gasteiger partial charge is 0.272 e. The molecule has 0 aliphatic rings.